The summed E-state index contributed by atoms with van der Waals surface area (Å²) in [6.45, 7) is 5.74. The molecule has 1 unspecified atom stereocenters. The van der Waals surface area contributed by atoms with Gasteiger partial charge in [-0.3, -0.25) is 0 Å². The van der Waals surface area contributed by atoms with Gasteiger partial charge in [-0.2, -0.15) is 4.98 Å². The maximum Gasteiger partial charge on any atom is 0.280 e. The molecule has 1 fully saturated rings. The fourth-order valence-electron chi connectivity index (χ4n) is 2.61. The second-order valence-corrected chi connectivity index (χ2v) is 6.12. The lowest BCUT2D eigenvalue weighted by molar-refractivity contribution is 0.0657. The normalized spacial score (nSPS) is 18.0. The SMILES string of the molecule is CC(C)CC(N)c1noc(-c2cn(C3CCOCC3)nn2)n1. The van der Waals surface area contributed by atoms with Crippen LogP contribution in [0.1, 0.15) is 51.0 Å². The lowest BCUT2D eigenvalue weighted by Gasteiger charge is -2.21. The number of nitrogens with zero attached hydrogens (tertiary/aromatic N) is 5. The molecule has 1 atom stereocenters. The molecule has 0 saturated carbocycles. The molecule has 1 aliphatic rings. The van der Waals surface area contributed by atoms with Crippen LogP contribution in [0.25, 0.3) is 11.6 Å². The number of aromatic nitrogens is 5. The summed E-state index contributed by atoms with van der Waals surface area (Å²) in [5, 5.41) is 12.3. The van der Waals surface area contributed by atoms with Gasteiger partial charge in [-0.15, -0.1) is 5.10 Å². The van der Waals surface area contributed by atoms with Crippen LogP contribution in [0, 0.1) is 5.92 Å². The Morgan fingerprint density at radius 3 is 2.86 bits per heavy atom. The third-order valence-corrected chi connectivity index (χ3v) is 3.79. The first-order chi connectivity index (χ1) is 10.6. The van der Waals surface area contributed by atoms with Crippen molar-refractivity contribution in [1.29, 1.82) is 0 Å². The summed E-state index contributed by atoms with van der Waals surface area (Å²) in [7, 11) is 0. The van der Waals surface area contributed by atoms with E-state index in [0.717, 1.165) is 32.5 Å². The van der Waals surface area contributed by atoms with Crippen molar-refractivity contribution >= 4 is 0 Å². The van der Waals surface area contributed by atoms with E-state index in [1.807, 2.05) is 10.9 Å². The lowest BCUT2D eigenvalue weighted by Crippen LogP contribution is -2.19. The lowest BCUT2D eigenvalue weighted by atomic mass is 10.0. The highest BCUT2D eigenvalue weighted by Gasteiger charge is 2.21. The summed E-state index contributed by atoms with van der Waals surface area (Å²) in [6, 6.07) is 0.101. The Balaban J connectivity index is 1.72. The van der Waals surface area contributed by atoms with Gasteiger partial charge in [0.25, 0.3) is 5.89 Å². The average molecular weight is 306 g/mol. The second-order valence-electron chi connectivity index (χ2n) is 6.12. The number of ether oxygens (including phenoxy) is 1. The first-order valence-corrected chi connectivity index (χ1v) is 7.72. The fourth-order valence-corrected chi connectivity index (χ4v) is 2.61. The van der Waals surface area contributed by atoms with Crippen molar-refractivity contribution in [2.24, 2.45) is 11.7 Å². The van der Waals surface area contributed by atoms with Crippen molar-refractivity contribution in [2.45, 2.75) is 45.2 Å². The Hall–Kier alpha value is -1.80. The number of hydrogen-bond acceptors (Lipinski definition) is 7. The summed E-state index contributed by atoms with van der Waals surface area (Å²) in [5.41, 5.74) is 6.65. The minimum absolute atomic E-state index is 0.219. The molecule has 0 aliphatic carbocycles. The molecule has 0 amide bonds. The molecule has 22 heavy (non-hydrogen) atoms. The van der Waals surface area contributed by atoms with Gasteiger partial charge in [0.15, 0.2) is 11.5 Å². The largest absolute Gasteiger partial charge is 0.381 e. The Morgan fingerprint density at radius 2 is 2.14 bits per heavy atom. The van der Waals surface area contributed by atoms with Gasteiger partial charge in [-0.1, -0.05) is 24.2 Å². The fraction of sp³-hybridized carbons (Fsp3) is 0.714. The van der Waals surface area contributed by atoms with Crippen molar-refractivity contribution < 1.29 is 9.26 Å². The minimum Gasteiger partial charge on any atom is -0.381 e. The zero-order valence-corrected chi connectivity index (χ0v) is 13.0. The van der Waals surface area contributed by atoms with Crippen molar-refractivity contribution in [2.75, 3.05) is 13.2 Å². The van der Waals surface area contributed by atoms with Crippen LogP contribution in [0.2, 0.25) is 0 Å². The first-order valence-electron chi connectivity index (χ1n) is 7.72. The molecule has 0 spiro atoms. The van der Waals surface area contributed by atoms with Gasteiger partial charge in [0.2, 0.25) is 0 Å². The maximum atomic E-state index is 6.07. The first kappa shape index (κ1) is 15.1. The summed E-state index contributed by atoms with van der Waals surface area (Å²) >= 11 is 0. The molecule has 8 heteroatoms. The van der Waals surface area contributed by atoms with Gasteiger partial charge in [0.1, 0.15) is 0 Å². The predicted molar refractivity (Wildman–Crippen MR) is 78.8 cm³/mol. The molecule has 0 aromatic carbocycles. The molecule has 1 saturated heterocycles. The molecule has 8 nitrogen and oxygen atoms in total. The topological polar surface area (TPSA) is 105 Å². The van der Waals surface area contributed by atoms with Crippen LogP contribution in [0.5, 0.6) is 0 Å². The van der Waals surface area contributed by atoms with Crippen molar-refractivity contribution in [3.63, 3.8) is 0 Å². The molecule has 0 bridgehead atoms. The Labute approximate surface area is 129 Å². The standard InChI is InChI=1S/C14H22N6O2/c1-9(2)7-11(15)13-16-14(22-18-13)12-8-20(19-17-12)10-3-5-21-6-4-10/h8-11H,3-7,15H2,1-2H3. The van der Waals surface area contributed by atoms with Gasteiger partial charge in [0.05, 0.1) is 18.3 Å². The number of nitrogens with two attached hydrogens (primary N) is 1. The van der Waals surface area contributed by atoms with Crippen LogP contribution in [-0.4, -0.2) is 38.3 Å². The van der Waals surface area contributed by atoms with Crippen molar-refractivity contribution in [1.82, 2.24) is 25.1 Å². The quantitative estimate of drug-likeness (QED) is 0.896. The predicted octanol–water partition coefficient (Wildman–Crippen LogP) is 1.73. The maximum absolute atomic E-state index is 6.07. The van der Waals surface area contributed by atoms with Gasteiger partial charge in [-0.25, -0.2) is 4.68 Å². The van der Waals surface area contributed by atoms with Crippen LogP contribution in [0.15, 0.2) is 10.7 Å². The van der Waals surface area contributed by atoms with E-state index in [2.05, 4.69) is 34.3 Å². The van der Waals surface area contributed by atoms with Crippen LogP contribution >= 0.6 is 0 Å². The molecule has 2 aromatic rings. The molecule has 1 aliphatic heterocycles. The summed E-state index contributed by atoms with van der Waals surface area (Å²) in [6.07, 6.45) is 4.54. The van der Waals surface area contributed by atoms with Crippen LogP contribution < -0.4 is 5.73 Å². The highest BCUT2D eigenvalue weighted by molar-refractivity contribution is 5.43. The third-order valence-electron chi connectivity index (χ3n) is 3.79. The summed E-state index contributed by atoms with van der Waals surface area (Å²) in [4.78, 5) is 4.35. The molecule has 2 aromatic heterocycles. The van der Waals surface area contributed by atoms with E-state index in [9.17, 15) is 0 Å². The van der Waals surface area contributed by atoms with E-state index in [1.54, 1.807) is 0 Å². The zero-order valence-electron chi connectivity index (χ0n) is 13.0. The van der Waals surface area contributed by atoms with Crippen LogP contribution in [0.4, 0.5) is 0 Å². The Kier molecular flexibility index (Phi) is 4.49. The summed E-state index contributed by atoms with van der Waals surface area (Å²) < 4.78 is 12.5. The highest BCUT2D eigenvalue weighted by Crippen LogP contribution is 2.23. The third kappa shape index (κ3) is 3.33. The molecule has 0 radical (unpaired) electrons. The minimum atomic E-state index is -0.219. The number of rotatable bonds is 5. The van der Waals surface area contributed by atoms with Gasteiger partial charge in [-0.05, 0) is 25.2 Å². The zero-order chi connectivity index (χ0) is 15.5. The van der Waals surface area contributed by atoms with Crippen molar-refractivity contribution in [3.05, 3.63) is 12.0 Å². The smallest absolute Gasteiger partial charge is 0.280 e. The Bertz CT molecular complexity index is 602. The molecular formula is C14H22N6O2. The van der Waals surface area contributed by atoms with Gasteiger partial charge in [0, 0.05) is 13.2 Å². The highest BCUT2D eigenvalue weighted by atomic mass is 16.5. The molecule has 3 heterocycles. The van der Waals surface area contributed by atoms with E-state index in [4.69, 9.17) is 15.0 Å². The average Bonchev–Trinajstić information content (AvgIpc) is 3.17. The van der Waals surface area contributed by atoms with E-state index >= 15 is 0 Å². The molecular weight excluding hydrogens is 284 g/mol. The Morgan fingerprint density at radius 1 is 1.36 bits per heavy atom. The van der Waals surface area contributed by atoms with Gasteiger partial charge >= 0.3 is 0 Å². The monoisotopic (exact) mass is 306 g/mol. The van der Waals surface area contributed by atoms with E-state index in [-0.39, 0.29) is 6.04 Å². The molecule has 2 N–H and O–H groups in total. The van der Waals surface area contributed by atoms with Crippen molar-refractivity contribution in [3.8, 4) is 11.6 Å². The van der Waals surface area contributed by atoms with Crippen LogP contribution in [0.3, 0.4) is 0 Å². The molecule has 120 valence electrons. The second kappa shape index (κ2) is 6.53. The van der Waals surface area contributed by atoms with Gasteiger partial charge < -0.3 is 15.0 Å². The molecule has 3 rings (SSSR count). The number of hydrogen-bond donors (Lipinski definition) is 1. The van der Waals surface area contributed by atoms with E-state index in [0.29, 0.717) is 29.4 Å². The summed E-state index contributed by atoms with van der Waals surface area (Å²) in [5.74, 6) is 1.36. The van der Waals surface area contributed by atoms with Crippen LogP contribution in [-0.2, 0) is 4.74 Å². The van der Waals surface area contributed by atoms with E-state index in [1.165, 1.54) is 0 Å². The van der Waals surface area contributed by atoms with E-state index < -0.39 is 0 Å².